The zero-order valence-electron chi connectivity index (χ0n) is 10.8. The fourth-order valence-electron chi connectivity index (χ4n) is 1.81. The molecular formula is C12H22N2O4. The molecule has 0 bridgehead atoms. The summed E-state index contributed by atoms with van der Waals surface area (Å²) in [5.74, 6) is -1.15. The standard InChI is InChI=1S/C12H22N2O4/c1-9(11(15)16)3-2-6-13-12(17)14-10-4-7-18-8-5-10/h9-10H,2-8H2,1H3,(H,15,16)(H2,13,14,17). The van der Waals surface area contributed by atoms with Crippen LogP contribution in [0, 0.1) is 5.92 Å². The predicted octanol–water partition coefficient (Wildman–Crippen LogP) is 0.965. The van der Waals surface area contributed by atoms with Crippen molar-refractivity contribution < 1.29 is 19.4 Å². The predicted molar refractivity (Wildman–Crippen MR) is 66.4 cm³/mol. The number of ether oxygens (including phenoxy) is 1. The average molecular weight is 258 g/mol. The van der Waals surface area contributed by atoms with Crippen molar-refractivity contribution in [1.82, 2.24) is 10.6 Å². The van der Waals surface area contributed by atoms with E-state index in [4.69, 9.17) is 9.84 Å². The van der Waals surface area contributed by atoms with E-state index in [0.29, 0.717) is 32.6 Å². The molecule has 6 heteroatoms. The summed E-state index contributed by atoms with van der Waals surface area (Å²) in [6.07, 6.45) is 2.95. The van der Waals surface area contributed by atoms with Crippen molar-refractivity contribution in [2.45, 2.75) is 38.6 Å². The maximum Gasteiger partial charge on any atom is 0.315 e. The molecule has 0 saturated carbocycles. The third-order valence-electron chi connectivity index (χ3n) is 3.08. The van der Waals surface area contributed by atoms with E-state index in [0.717, 1.165) is 12.8 Å². The molecule has 1 saturated heterocycles. The first-order valence-corrected chi connectivity index (χ1v) is 6.44. The summed E-state index contributed by atoms with van der Waals surface area (Å²) >= 11 is 0. The van der Waals surface area contributed by atoms with Crippen LogP contribution in [0.1, 0.15) is 32.6 Å². The normalized spacial score (nSPS) is 18.1. The zero-order chi connectivity index (χ0) is 13.4. The topological polar surface area (TPSA) is 87.7 Å². The zero-order valence-corrected chi connectivity index (χ0v) is 10.8. The molecule has 18 heavy (non-hydrogen) atoms. The molecule has 3 N–H and O–H groups in total. The fraction of sp³-hybridized carbons (Fsp3) is 0.833. The summed E-state index contributed by atoms with van der Waals surface area (Å²) in [6, 6.07) is 0.0153. The van der Waals surface area contributed by atoms with Crippen molar-refractivity contribution in [2.24, 2.45) is 5.92 Å². The van der Waals surface area contributed by atoms with Crippen molar-refractivity contribution in [3.63, 3.8) is 0 Å². The lowest BCUT2D eigenvalue weighted by Gasteiger charge is -2.23. The van der Waals surface area contributed by atoms with E-state index in [9.17, 15) is 9.59 Å². The van der Waals surface area contributed by atoms with Crippen LogP contribution in [-0.4, -0.2) is 42.9 Å². The minimum atomic E-state index is -0.790. The minimum absolute atomic E-state index is 0.176. The Bertz CT molecular complexity index is 277. The van der Waals surface area contributed by atoms with E-state index in [1.54, 1.807) is 6.92 Å². The second kappa shape index (κ2) is 7.92. The van der Waals surface area contributed by atoms with Crippen LogP contribution in [0.4, 0.5) is 4.79 Å². The SMILES string of the molecule is CC(CCCNC(=O)NC1CCOCC1)C(=O)O. The molecule has 0 aliphatic carbocycles. The van der Waals surface area contributed by atoms with Crippen molar-refractivity contribution in [1.29, 1.82) is 0 Å². The highest BCUT2D eigenvalue weighted by Crippen LogP contribution is 2.06. The van der Waals surface area contributed by atoms with Crippen LogP contribution in [-0.2, 0) is 9.53 Å². The van der Waals surface area contributed by atoms with E-state index in [1.807, 2.05) is 0 Å². The Balaban J connectivity index is 2.04. The van der Waals surface area contributed by atoms with Crippen LogP contribution < -0.4 is 10.6 Å². The summed E-state index contributed by atoms with van der Waals surface area (Å²) < 4.78 is 5.20. The van der Waals surface area contributed by atoms with Crippen molar-refractivity contribution in [3.05, 3.63) is 0 Å². The Hall–Kier alpha value is -1.30. The molecule has 1 aliphatic heterocycles. The van der Waals surface area contributed by atoms with Crippen LogP contribution in [0.3, 0.4) is 0 Å². The van der Waals surface area contributed by atoms with Gasteiger partial charge in [0.05, 0.1) is 5.92 Å². The van der Waals surface area contributed by atoms with Gasteiger partial charge in [-0.15, -0.1) is 0 Å². The van der Waals surface area contributed by atoms with Gasteiger partial charge in [-0.1, -0.05) is 6.92 Å². The smallest absolute Gasteiger partial charge is 0.315 e. The monoisotopic (exact) mass is 258 g/mol. The lowest BCUT2D eigenvalue weighted by molar-refractivity contribution is -0.141. The van der Waals surface area contributed by atoms with Gasteiger partial charge in [-0.25, -0.2) is 4.79 Å². The van der Waals surface area contributed by atoms with Crippen molar-refractivity contribution in [2.75, 3.05) is 19.8 Å². The Morgan fingerprint density at radius 2 is 2.06 bits per heavy atom. The molecule has 1 aliphatic rings. The van der Waals surface area contributed by atoms with Gasteiger partial charge in [-0.2, -0.15) is 0 Å². The number of urea groups is 1. The Labute approximate surface area is 107 Å². The van der Waals surface area contributed by atoms with Gasteiger partial charge in [-0.3, -0.25) is 4.79 Å². The Morgan fingerprint density at radius 3 is 2.67 bits per heavy atom. The first-order chi connectivity index (χ1) is 8.59. The maximum atomic E-state index is 11.5. The summed E-state index contributed by atoms with van der Waals surface area (Å²) in [7, 11) is 0. The molecule has 2 amide bonds. The number of carboxylic acid groups (broad SMARTS) is 1. The van der Waals surface area contributed by atoms with Gasteiger partial charge in [0.25, 0.3) is 0 Å². The van der Waals surface area contributed by atoms with Gasteiger partial charge in [0.1, 0.15) is 0 Å². The van der Waals surface area contributed by atoms with Gasteiger partial charge in [0.15, 0.2) is 0 Å². The highest BCUT2D eigenvalue weighted by atomic mass is 16.5. The van der Waals surface area contributed by atoms with E-state index in [-0.39, 0.29) is 18.0 Å². The molecule has 0 radical (unpaired) electrons. The number of hydrogen-bond donors (Lipinski definition) is 3. The fourth-order valence-corrected chi connectivity index (χ4v) is 1.81. The quantitative estimate of drug-likeness (QED) is 0.619. The third kappa shape index (κ3) is 5.86. The molecule has 1 heterocycles. The Morgan fingerprint density at radius 1 is 1.39 bits per heavy atom. The van der Waals surface area contributed by atoms with Gasteiger partial charge in [0, 0.05) is 25.8 Å². The minimum Gasteiger partial charge on any atom is -0.481 e. The largest absolute Gasteiger partial charge is 0.481 e. The molecular weight excluding hydrogens is 236 g/mol. The molecule has 1 unspecified atom stereocenters. The molecule has 0 spiro atoms. The van der Waals surface area contributed by atoms with E-state index >= 15 is 0 Å². The average Bonchev–Trinajstić information content (AvgIpc) is 2.35. The van der Waals surface area contributed by atoms with Gasteiger partial charge < -0.3 is 20.5 Å². The maximum absolute atomic E-state index is 11.5. The van der Waals surface area contributed by atoms with Crippen LogP contribution in [0.25, 0.3) is 0 Å². The number of hydrogen-bond acceptors (Lipinski definition) is 3. The van der Waals surface area contributed by atoms with Gasteiger partial charge in [0.2, 0.25) is 0 Å². The van der Waals surface area contributed by atoms with Crippen molar-refractivity contribution >= 4 is 12.0 Å². The molecule has 6 nitrogen and oxygen atoms in total. The van der Waals surface area contributed by atoms with Crippen molar-refractivity contribution in [3.8, 4) is 0 Å². The van der Waals surface area contributed by atoms with E-state index < -0.39 is 5.97 Å². The van der Waals surface area contributed by atoms with Crippen LogP contribution in [0.2, 0.25) is 0 Å². The highest BCUT2D eigenvalue weighted by molar-refractivity contribution is 5.74. The molecule has 1 fully saturated rings. The molecule has 0 aromatic rings. The second-order valence-electron chi connectivity index (χ2n) is 4.67. The third-order valence-corrected chi connectivity index (χ3v) is 3.08. The summed E-state index contributed by atoms with van der Waals surface area (Å²) in [5.41, 5.74) is 0. The van der Waals surface area contributed by atoms with Crippen LogP contribution >= 0.6 is 0 Å². The molecule has 0 aromatic carbocycles. The first kappa shape index (κ1) is 14.8. The number of aliphatic carboxylic acids is 1. The lowest BCUT2D eigenvalue weighted by atomic mass is 10.1. The number of nitrogens with one attached hydrogen (secondary N) is 2. The van der Waals surface area contributed by atoms with E-state index in [1.165, 1.54) is 0 Å². The second-order valence-corrected chi connectivity index (χ2v) is 4.67. The summed E-state index contributed by atoms with van der Waals surface area (Å²) in [4.78, 5) is 22.1. The summed E-state index contributed by atoms with van der Waals surface area (Å²) in [6.45, 7) is 3.57. The molecule has 0 aromatic heterocycles. The lowest BCUT2D eigenvalue weighted by Crippen LogP contribution is -2.44. The number of carbonyl (C=O) groups is 2. The Kier molecular flexibility index (Phi) is 6.49. The first-order valence-electron chi connectivity index (χ1n) is 6.44. The van der Waals surface area contributed by atoms with Crippen LogP contribution in [0.15, 0.2) is 0 Å². The molecule has 104 valence electrons. The van der Waals surface area contributed by atoms with Crippen LogP contribution in [0.5, 0.6) is 0 Å². The van der Waals surface area contributed by atoms with E-state index in [2.05, 4.69) is 10.6 Å². The number of amides is 2. The van der Waals surface area contributed by atoms with Gasteiger partial charge in [-0.05, 0) is 25.7 Å². The number of carboxylic acids is 1. The number of carbonyl (C=O) groups excluding carboxylic acids is 1. The highest BCUT2D eigenvalue weighted by Gasteiger charge is 2.15. The molecule has 1 rings (SSSR count). The number of rotatable bonds is 6. The molecule has 1 atom stereocenters. The summed E-state index contributed by atoms with van der Waals surface area (Å²) in [5, 5.41) is 14.3. The van der Waals surface area contributed by atoms with Gasteiger partial charge >= 0.3 is 12.0 Å².